The molecule has 2 amide bonds. The van der Waals surface area contributed by atoms with Crippen molar-refractivity contribution in [3.8, 4) is 0 Å². The fourth-order valence-corrected chi connectivity index (χ4v) is 5.50. The van der Waals surface area contributed by atoms with E-state index < -0.39 is 5.54 Å². The molecule has 0 bridgehead atoms. The Kier molecular flexibility index (Phi) is 5.05. The van der Waals surface area contributed by atoms with Crippen LogP contribution in [-0.2, 0) is 18.3 Å². The largest absolute Gasteiger partial charge is 0.350 e. The van der Waals surface area contributed by atoms with Crippen molar-refractivity contribution < 1.29 is 9.59 Å². The zero-order valence-electron chi connectivity index (χ0n) is 18.1. The maximum atomic E-state index is 13.7. The number of hydrogen-bond donors (Lipinski definition) is 0. The van der Waals surface area contributed by atoms with Crippen molar-refractivity contribution in [3.05, 3.63) is 71.9 Å². The van der Waals surface area contributed by atoms with E-state index in [2.05, 4.69) is 12.1 Å². The van der Waals surface area contributed by atoms with Crippen LogP contribution in [0.4, 0.5) is 0 Å². The number of para-hydroxylation sites is 1. The molecule has 1 unspecified atom stereocenters. The van der Waals surface area contributed by atoms with Crippen LogP contribution in [0.25, 0.3) is 10.9 Å². The summed E-state index contributed by atoms with van der Waals surface area (Å²) in [5.74, 6) is 0.133. The Hall–Kier alpha value is -3.08. The molecule has 2 aliphatic rings. The Morgan fingerprint density at radius 3 is 2.48 bits per heavy atom. The molecule has 0 N–H and O–H groups in total. The highest BCUT2D eigenvalue weighted by Gasteiger charge is 2.52. The van der Waals surface area contributed by atoms with Gasteiger partial charge in [-0.3, -0.25) is 9.59 Å². The van der Waals surface area contributed by atoms with Crippen LogP contribution in [0.5, 0.6) is 0 Å². The Balaban J connectivity index is 1.41. The average molecular weight is 416 g/mol. The van der Waals surface area contributed by atoms with Gasteiger partial charge in [-0.2, -0.15) is 0 Å². The number of carbonyl (C=O) groups is 2. The third kappa shape index (κ3) is 3.32. The first kappa shape index (κ1) is 19.9. The average Bonchev–Trinajstić information content (AvgIpc) is 3.37. The lowest BCUT2D eigenvalue weighted by molar-refractivity contribution is -0.145. The number of fused-ring (bicyclic) bond motifs is 1. The van der Waals surface area contributed by atoms with Crippen LogP contribution in [-0.4, -0.2) is 51.4 Å². The molecule has 1 spiro atoms. The molecule has 160 valence electrons. The van der Waals surface area contributed by atoms with Crippen LogP contribution in [0, 0.1) is 0 Å². The molecule has 2 fully saturated rings. The third-order valence-electron chi connectivity index (χ3n) is 7.08. The van der Waals surface area contributed by atoms with E-state index in [0.29, 0.717) is 18.7 Å². The number of piperidine rings is 1. The van der Waals surface area contributed by atoms with Gasteiger partial charge in [0.25, 0.3) is 5.91 Å². The predicted molar refractivity (Wildman–Crippen MR) is 122 cm³/mol. The monoisotopic (exact) mass is 415 g/mol. The summed E-state index contributed by atoms with van der Waals surface area (Å²) in [7, 11) is 1.97. The van der Waals surface area contributed by atoms with Crippen molar-refractivity contribution in [3.63, 3.8) is 0 Å². The van der Waals surface area contributed by atoms with Gasteiger partial charge in [-0.15, -0.1) is 0 Å². The lowest BCUT2D eigenvalue weighted by Crippen LogP contribution is -2.61. The number of aryl methyl sites for hydroxylation is 1. The molecule has 1 aromatic heterocycles. The number of aromatic nitrogens is 1. The molecule has 5 nitrogen and oxygen atoms in total. The van der Waals surface area contributed by atoms with Gasteiger partial charge in [-0.05, 0) is 43.7 Å². The SMILES string of the molecule is Cn1cc(C(=O)N2CCCC23CCCN(CCc2ccccc2)C3=O)c2ccccc21. The van der Waals surface area contributed by atoms with E-state index in [0.717, 1.165) is 49.6 Å². The summed E-state index contributed by atoms with van der Waals surface area (Å²) in [5.41, 5.74) is 2.31. The molecule has 2 aliphatic heterocycles. The van der Waals surface area contributed by atoms with Gasteiger partial charge in [-0.1, -0.05) is 48.5 Å². The van der Waals surface area contributed by atoms with E-state index in [1.165, 1.54) is 5.56 Å². The Morgan fingerprint density at radius 2 is 1.68 bits per heavy atom. The van der Waals surface area contributed by atoms with Gasteiger partial charge in [0, 0.05) is 43.8 Å². The molecule has 1 atom stereocenters. The van der Waals surface area contributed by atoms with Crippen LogP contribution in [0.2, 0.25) is 0 Å². The zero-order chi connectivity index (χ0) is 21.4. The Bertz CT molecular complexity index is 1120. The first-order chi connectivity index (χ1) is 15.1. The number of amides is 2. The highest BCUT2D eigenvalue weighted by molar-refractivity contribution is 6.09. The molecular formula is C26H29N3O2. The highest BCUT2D eigenvalue weighted by atomic mass is 16.2. The van der Waals surface area contributed by atoms with Crippen LogP contribution >= 0.6 is 0 Å². The topological polar surface area (TPSA) is 45.6 Å². The summed E-state index contributed by atoms with van der Waals surface area (Å²) in [6.07, 6.45) is 6.13. The highest BCUT2D eigenvalue weighted by Crippen LogP contribution is 2.40. The fraction of sp³-hybridized carbons (Fsp3) is 0.385. The summed E-state index contributed by atoms with van der Waals surface area (Å²) < 4.78 is 2.00. The normalized spacial score (nSPS) is 21.4. The summed E-state index contributed by atoms with van der Waals surface area (Å²) in [6.45, 7) is 2.14. The van der Waals surface area contributed by atoms with E-state index in [1.807, 2.05) is 70.1 Å². The lowest BCUT2D eigenvalue weighted by Gasteiger charge is -2.44. The predicted octanol–water partition coefficient (Wildman–Crippen LogP) is 4.02. The standard InChI is InChI=1S/C26H29N3O2/c1-27-19-22(21-11-5-6-12-23(21)27)24(30)29-17-8-15-26(29)14-7-16-28(25(26)31)18-13-20-9-3-2-4-10-20/h2-6,9-12,19H,7-8,13-18H2,1H3. The molecule has 3 aromatic rings. The Morgan fingerprint density at radius 1 is 0.968 bits per heavy atom. The van der Waals surface area contributed by atoms with Crippen molar-refractivity contribution >= 4 is 22.7 Å². The Labute approximate surface area is 183 Å². The maximum Gasteiger partial charge on any atom is 0.256 e. The van der Waals surface area contributed by atoms with Gasteiger partial charge in [0.15, 0.2) is 0 Å². The molecule has 5 rings (SSSR count). The molecule has 0 saturated carbocycles. The quantitative estimate of drug-likeness (QED) is 0.646. The number of likely N-dealkylation sites (tertiary alicyclic amines) is 2. The van der Waals surface area contributed by atoms with E-state index >= 15 is 0 Å². The second-order valence-electron chi connectivity index (χ2n) is 8.89. The lowest BCUT2D eigenvalue weighted by atomic mass is 9.84. The van der Waals surface area contributed by atoms with Crippen LogP contribution in [0.3, 0.4) is 0 Å². The second-order valence-corrected chi connectivity index (χ2v) is 8.89. The second kappa shape index (κ2) is 7.88. The first-order valence-electron chi connectivity index (χ1n) is 11.3. The van der Waals surface area contributed by atoms with Gasteiger partial charge in [-0.25, -0.2) is 0 Å². The summed E-state index contributed by atoms with van der Waals surface area (Å²) >= 11 is 0. The number of hydrogen-bond acceptors (Lipinski definition) is 2. The minimum absolute atomic E-state index is 0.00689. The van der Waals surface area contributed by atoms with Crippen molar-refractivity contribution in [2.75, 3.05) is 19.6 Å². The number of benzene rings is 2. The van der Waals surface area contributed by atoms with Crippen LogP contribution in [0.15, 0.2) is 60.8 Å². The van der Waals surface area contributed by atoms with Gasteiger partial charge in [0.2, 0.25) is 5.91 Å². The molecule has 0 radical (unpaired) electrons. The van der Waals surface area contributed by atoms with Crippen molar-refractivity contribution in [2.45, 2.75) is 37.6 Å². The molecule has 2 aromatic carbocycles. The summed E-state index contributed by atoms with van der Waals surface area (Å²) in [4.78, 5) is 31.3. The van der Waals surface area contributed by atoms with Crippen LogP contribution in [0.1, 0.15) is 41.6 Å². The third-order valence-corrected chi connectivity index (χ3v) is 7.08. The molecule has 2 saturated heterocycles. The minimum atomic E-state index is -0.678. The van der Waals surface area contributed by atoms with Crippen molar-refractivity contribution in [1.82, 2.24) is 14.4 Å². The summed E-state index contributed by atoms with van der Waals surface area (Å²) in [5, 5.41) is 0.959. The fourth-order valence-electron chi connectivity index (χ4n) is 5.50. The van der Waals surface area contributed by atoms with E-state index in [9.17, 15) is 9.59 Å². The molecule has 3 heterocycles. The van der Waals surface area contributed by atoms with Gasteiger partial charge < -0.3 is 14.4 Å². The molecule has 31 heavy (non-hydrogen) atoms. The molecule has 0 aliphatic carbocycles. The number of rotatable bonds is 4. The first-order valence-corrected chi connectivity index (χ1v) is 11.3. The molecule has 5 heteroatoms. The van der Waals surface area contributed by atoms with Crippen LogP contribution < -0.4 is 0 Å². The van der Waals surface area contributed by atoms with Gasteiger partial charge >= 0.3 is 0 Å². The molecular weight excluding hydrogens is 386 g/mol. The zero-order valence-corrected chi connectivity index (χ0v) is 18.1. The van der Waals surface area contributed by atoms with E-state index in [-0.39, 0.29) is 11.8 Å². The van der Waals surface area contributed by atoms with Crippen molar-refractivity contribution in [2.24, 2.45) is 7.05 Å². The number of carbonyl (C=O) groups excluding carboxylic acids is 2. The van der Waals surface area contributed by atoms with E-state index in [1.54, 1.807) is 0 Å². The van der Waals surface area contributed by atoms with Gasteiger partial charge in [0.05, 0.1) is 5.56 Å². The number of nitrogens with zero attached hydrogens (tertiary/aromatic N) is 3. The van der Waals surface area contributed by atoms with Crippen molar-refractivity contribution in [1.29, 1.82) is 0 Å². The minimum Gasteiger partial charge on any atom is -0.350 e. The van der Waals surface area contributed by atoms with Gasteiger partial charge in [0.1, 0.15) is 5.54 Å². The van der Waals surface area contributed by atoms with E-state index in [4.69, 9.17) is 0 Å². The summed E-state index contributed by atoms with van der Waals surface area (Å²) in [6, 6.07) is 18.3. The smallest absolute Gasteiger partial charge is 0.256 e. The maximum absolute atomic E-state index is 13.7.